The fourth-order valence-electron chi connectivity index (χ4n) is 3.02. The number of hydrogen-bond acceptors (Lipinski definition) is 8. The van der Waals surface area contributed by atoms with E-state index in [1.165, 1.54) is 23.1 Å². The first-order chi connectivity index (χ1) is 16.7. The van der Waals surface area contributed by atoms with Gasteiger partial charge in [-0.1, -0.05) is 77.7 Å². The molecule has 174 valence electrons. The van der Waals surface area contributed by atoms with Gasteiger partial charge in [0.15, 0.2) is 15.8 Å². The summed E-state index contributed by atoms with van der Waals surface area (Å²) in [7, 11) is 1.60. The lowest BCUT2D eigenvalue weighted by Crippen LogP contribution is -2.24. The average molecular weight is 493 g/mol. The Morgan fingerprint density at radius 2 is 1.71 bits per heavy atom. The van der Waals surface area contributed by atoms with Gasteiger partial charge in [0, 0.05) is 12.2 Å². The molecule has 0 atom stereocenters. The van der Waals surface area contributed by atoms with Crippen molar-refractivity contribution in [2.75, 3.05) is 18.2 Å². The van der Waals surface area contributed by atoms with E-state index in [1.807, 2.05) is 78.9 Å². The molecular formula is C25H24N4O3S2. The quantitative estimate of drug-likeness (QED) is 0.276. The Bertz CT molecular complexity index is 1200. The first-order valence-electron chi connectivity index (χ1n) is 10.6. The zero-order chi connectivity index (χ0) is 23.6. The molecule has 0 saturated heterocycles. The highest BCUT2D eigenvalue weighted by Gasteiger charge is 2.10. The number of amides is 1. The third kappa shape index (κ3) is 6.97. The Morgan fingerprint density at radius 1 is 0.941 bits per heavy atom. The molecule has 1 amide bonds. The molecule has 0 fully saturated rings. The summed E-state index contributed by atoms with van der Waals surface area (Å²) >= 11 is 2.77. The maximum absolute atomic E-state index is 12.3. The molecule has 0 aliphatic carbocycles. The van der Waals surface area contributed by atoms with Gasteiger partial charge in [0.1, 0.15) is 6.61 Å². The minimum atomic E-state index is -0.0823. The van der Waals surface area contributed by atoms with E-state index in [-0.39, 0.29) is 11.7 Å². The van der Waals surface area contributed by atoms with Crippen molar-refractivity contribution in [3.8, 4) is 11.5 Å². The normalized spacial score (nSPS) is 10.5. The van der Waals surface area contributed by atoms with E-state index in [4.69, 9.17) is 9.47 Å². The van der Waals surface area contributed by atoms with Gasteiger partial charge in [0.2, 0.25) is 11.0 Å². The molecule has 34 heavy (non-hydrogen) atoms. The second-order valence-corrected chi connectivity index (χ2v) is 9.39. The number of rotatable bonds is 11. The summed E-state index contributed by atoms with van der Waals surface area (Å²) in [5, 5.41) is 15.1. The molecular weight excluding hydrogens is 468 g/mol. The predicted octanol–water partition coefficient (Wildman–Crippen LogP) is 5.28. The molecule has 2 N–H and O–H groups in total. The molecule has 4 rings (SSSR count). The lowest BCUT2D eigenvalue weighted by molar-refractivity contribution is -0.118. The highest BCUT2D eigenvalue weighted by molar-refractivity contribution is 8.01. The van der Waals surface area contributed by atoms with Crippen molar-refractivity contribution in [2.45, 2.75) is 17.5 Å². The molecule has 0 bridgehead atoms. The fourth-order valence-corrected chi connectivity index (χ4v) is 4.62. The largest absolute Gasteiger partial charge is 0.493 e. The first kappa shape index (κ1) is 23.6. The van der Waals surface area contributed by atoms with Crippen LogP contribution in [0, 0.1) is 0 Å². The zero-order valence-corrected chi connectivity index (χ0v) is 20.2. The van der Waals surface area contributed by atoms with Crippen LogP contribution in [0.25, 0.3) is 0 Å². The van der Waals surface area contributed by atoms with Gasteiger partial charge >= 0.3 is 0 Å². The topological polar surface area (TPSA) is 85.4 Å². The van der Waals surface area contributed by atoms with Crippen LogP contribution in [-0.4, -0.2) is 29.0 Å². The van der Waals surface area contributed by atoms with Crippen molar-refractivity contribution in [3.63, 3.8) is 0 Å². The second kappa shape index (κ2) is 12.1. The van der Waals surface area contributed by atoms with Crippen LogP contribution in [0.4, 0.5) is 10.8 Å². The highest BCUT2D eigenvalue weighted by Crippen LogP contribution is 2.29. The minimum Gasteiger partial charge on any atom is -0.493 e. The molecule has 0 radical (unpaired) electrons. The van der Waals surface area contributed by atoms with E-state index in [9.17, 15) is 4.79 Å². The van der Waals surface area contributed by atoms with Crippen LogP contribution in [0.3, 0.4) is 0 Å². The maximum atomic E-state index is 12.3. The smallest absolute Gasteiger partial charge is 0.230 e. The molecule has 0 saturated carbocycles. The monoisotopic (exact) mass is 492 g/mol. The van der Waals surface area contributed by atoms with Crippen molar-refractivity contribution >= 4 is 39.8 Å². The van der Waals surface area contributed by atoms with Crippen molar-refractivity contribution in [3.05, 3.63) is 90.0 Å². The average Bonchev–Trinajstić information content (AvgIpc) is 3.33. The summed E-state index contributed by atoms with van der Waals surface area (Å²) in [6.45, 7) is 0.852. The van der Waals surface area contributed by atoms with Crippen molar-refractivity contribution in [1.82, 2.24) is 15.5 Å². The first-order valence-corrected chi connectivity index (χ1v) is 12.4. The van der Waals surface area contributed by atoms with Gasteiger partial charge in [-0.15, -0.1) is 10.2 Å². The number of nitrogens with one attached hydrogen (secondary N) is 2. The number of carbonyl (C=O) groups excluding carboxylic acids is 1. The number of thioether (sulfide) groups is 1. The molecule has 3 aromatic carbocycles. The number of carbonyl (C=O) groups is 1. The Kier molecular flexibility index (Phi) is 8.37. The number of anilines is 2. The summed E-state index contributed by atoms with van der Waals surface area (Å²) in [6.07, 6.45) is 0. The van der Waals surface area contributed by atoms with Crippen LogP contribution in [0.2, 0.25) is 0 Å². The van der Waals surface area contributed by atoms with Gasteiger partial charge in [0.05, 0.1) is 12.9 Å². The van der Waals surface area contributed by atoms with E-state index >= 15 is 0 Å². The fraction of sp³-hybridized carbons (Fsp3) is 0.160. The van der Waals surface area contributed by atoms with Gasteiger partial charge in [-0.05, 0) is 35.4 Å². The van der Waals surface area contributed by atoms with Crippen LogP contribution < -0.4 is 20.1 Å². The van der Waals surface area contributed by atoms with Gasteiger partial charge < -0.3 is 20.1 Å². The molecule has 1 aromatic heterocycles. The van der Waals surface area contributed by atoms with Gasteiger partial charge in [-0.25, -0.2) is 0 Å². The lowest BCUT2D eigenvalue weighted by atomic mass is 10.2. The van der Waals surface area contributed by atoms with Gasteiger partial charge in [-0.3, -0.25) is 4.79 Å². The van der Waals surface area contributed by atoms with E-state index < -0.39 is 0 Å². The number of benzene rings is 3. The molecule has 9 heteroatoms. The molecule has 0 aliphatic heterocycles. The molecule has 1 heterocycles. The molecule has 7 nitrogen and oxygen atoms in total. The summed E-state index contributed by atoms with van der Waals surface area (Å²) in [4.78, 5) is 12.3. The standard InChI is InChI=1S/C25H24N4O3S2/c1-31-22-14-19(12-13-21(22)32-16-18-8-4-2-5-9-18)15-26-23(30)17-33-25-29-28-24(34-25)27-20-10-6-3-7-11-20/h2-14H,15-17H2,1H3,(H,26,30)(H,27,28). The lowest BCUT2D eigenvalue weighted by Gasteiger charge is -2.13. The molecule has 0 unspecified atom stereocenters. The second-order valence-electron chi connectivity index (χ2n) is 7.19. The van der Waals surface area contributed by atoms with Crippen LogP contribution in [0.15, 0.2) is 83.2 Å². The minimum absolute atomic E-state index is 0.0823. The number of para-hydroxylation sites is 1. The van der Waals surface area contributed by atoms with Crippen molar-refractivity contribution < 1.29 is 14.3 Å². The van der Waals surface area contributed by atoms with Crippen LogP contribution in [0.1, 0.15) is 11.1 Å². The summed E-state index contributed by atoms with van der Waals surface area (Å²) < 4.78 is 12.1. The Balaban J connectivity index is 1.23. The molecule has 4 aromatic rings. The maximum Gasteiger partial charge on any atom is 0.230 e. The number of nitrogens with zero attached hydrogens (tertiary/aromatic N) is 2. The Labute approximate surface area is 206 Å². The highest BCUT2D eigenvalue weighted by atomic mass is 32.2. The molecule has 0 spiro atoms. The third-order valence-electron chi connectivity index (χ3n) is 4.71. The summed E-state index contributed by atoms with van der Waals surface area (Å²) in [5.41, 5.74) is 2.95. The van der Waals surface area contributed by atoms with Gasteiger partial charge in [0.25, 0.3) is 0 Å². The summed E-state index contributed by atoms with van der Waals surface area (Å²) in [6, 6.07) is 25.4. The van der Waals surface area contributed by atoms with E-state index in [1.54, 1.807) is 7.11 Å². The van der Waals surface area contributed by atoms with Crippen LogP contribution >= 0.6 is 23.1 Å². The van der Waals surface area contributed by atoms with Crippen LogP contribution in [-0.2, 0) is 17.9 Å². The number of aromatic nitrogens is 2. The van der Waals surface area contributed by atoms with Gasteiger partial charge in [-0.2, -0.15) is 0 Å². The van der Waals surface area contributed by atoms with Crippen molar-refractivity contribution in [2.24, 2.45) is 0 Å². The Morgan fingerprint density at radius 3 is 2.47 bits per heavy atom. The summed E-state index contributed by atoms with van der Waals surface area (Å²) in [5.74, 6) is 1.47. The SMILES string of the molecule is COc1cc(CNC(=O)CSc2nnc(Nc3ccccc3)s2)ccc1OCc1ccccc1. The third-order valence-corrected chi connectivity index (χ3v) is 6.69. The number of methoxy groups -OCH3 is 1. The predicted molar refractivity (Wildman–Crippen MR) is 136 cm³/mol. The van der Waals surface area contributed by atoms with E-state index in [0.717, 1.165) is 21.2 Å². The number of ether oxygens (including phenoxy) is 2. The Hall–Kier alpha value is -3.56. The number of hydrogen-bond donors (Lipinski definition) is 2. The van der Waals surface area contributed by atoms with E-state index in [2.05, 4.69) is 20.8 Å². The van der Waals surface area contributed by atoms with Crippen LogP contribution in [0.5, 0.6) is 11.5 Å². The zero-order valence-electron chi connectivity index (χ0n) is 18.6. The van der Waals surface area contributed by atoms with Crippen molar-refractivity contribution in [1.29, 1.82) is 0 Å². The molecule has 0 aliphatic rings. The van der Waals surface area contributed by atoms with E-state index in [0.29, 0.717) is 29.8 Å².